The van der Waals surface area contributed by atoms with E-state index in [0.717, 1.165) is 22.6 Å². The van der Waals surface area contributed by atoms with E-state index < -0.39 is 10.9 Å². The summed E-state index contributed by atoms with van der Waals surface area (Å²) in [6.45, 7) is 1.77. The van der Waals surface area contributed by atoms with Gasteiger partial charge in [-0.05, 0) is 31.2 Å². The summed E-state index contributed by atoms with van der Waals surface area (Å²) in [5.41, 5.74) is 1.79. The van der Waals surface area contributed by atoms with Crippen molar-refractivity contribution in [2.75, 3.05) is 21.3 Å². The number of thioether (sulfide) groups is 1. The van der Waals surface area contributed by atoms with Crippen molar-refractivity contribution in [1.82, 2.24) is 0 Å². The van der Waals surface area contributed by atoms with Crippen LogP contribution >= 0.6 is 11.8 Å². The van der Waals surface area contributed by atoms with Crippen LogP contribution in [0, 0.1) is 0 Å². The zero-order valence-electron chi connectivity index (χ0n) is 15.1. The van der Waals surface area contributed by atoms with E-state index in [-0.39, 0.29) is 0 Å². The number of carbonyl (C=O) groups excluding carboxylic acids is 1. The number of hydrogen-bond acceptors (Lipinski definition) is 6. The number of esters is 1. The van der Waals surface area contributed by atoms with E-state index in [0.29, 0.717) is 10.7 Å². The van der Waals surface area contributed by atoms with Crippen LogP contribution in [0.2, 0.25) is 0 Å². The normalized spacial score (nSPS) is 15.4. The van der Waals surface area contributed by atoms with Crippen LogP contribution in [0.4, 0.5) is 0 Å². The zero-order chi connectivity index (χ0) is 18.7. The van der Waals surface area contributed by atoms with Crippen molar-refractivity contribution in [3.05, 3.63) is 70.3 Å². The van der Waals surface area contributed by atoms with Crippen LogP contribution in [0.15, 0.2) is 59.2 Å². The van der Waals surface area contributed by atoms with Crippen molar-refractivity contribution in [2.45, 2.75) is 11.9 Å². The lowest BCUT2D eigenvalue weighted by atomic mass is 10.00. The molecular formula is C20H20O5S. The number of rotatable bonds is 5. The molecule has 0 unspecified atom stereocenters. The molecule has 0 saturated carbocycles. The Kier molecular flexibility index (Phi) is 5.13. The fourth-order valence-electron chi connectivity index (χ4n) is 2.80. The van der Waals surface area contributed by atoms with E-state index in [4.69, 9.17) is 18.9 Å². The van der Waals surface area contributed by atoms with Gasteiger partial charge in [0, 0.05) is 11.1 Å². The van der Waals surface area contributed by atoms with E-state index in [1.54, 1.807) is 21.1 Å². The van der Waals surface area contributed by atoms with Gasteiger partial charge in [-0.25, -0.2) is 4.79 Å². The van der Waals surface area contributed by atoms with Gasteiger partial charge in [0.15, 0.2) is 0 Å². The van der Waals surface area contributed by atoms with E-state index in [9.17, 15) is 4.79 Å². The summed E-state index contributed by atoms with van der Waals surface area (Å²) >= 11 is 1.33. The second-order valence-electron chi connectivity index (χ2n) is 5.65. The Balaban J connectivity index is 2.09. The molecule has 1 aliphatic rings. The number of hydrogen-bond donors (Lipinski definition) is 0. The van der Waals surface area contributed by atoms with Gasteiger partial charge in [0.05, 0.1) is 21.3 Å². The number of ether oxygens (including phenoxy) is 4. The Labute approximate surface area is 156 Å². The maximum absolute atomic E-state index is 12.2. The first-order chi connectivity index (χ1) is 12.5. The van der Waals surface area contributed by atoms with Crippen LogP contribution in [0.5, 0.6) is 11.5 Å². The monoisotopic (exact) mass is 372 g/mol. The molecule has 0 amide bonds. The summed E-state index contributed by atoms with van der Waals surface area (Å²) in [5.74, 6) is 1.63. The second kappa shape index (κ2) is 7.33. The van der Waals surface area contributed by atoms with Gasteiger partial charge < -0.3 is 18.9 Å². The molecule has 2 aromatic rings. The van der Waals surface area contributed by atoms with Gasteiger partial charge in [-0.3, -0.25) is 0 Å². The smallest absolute Gasteiger partial charge is 0.347 e. The van der Waals surface area contributed by atoms with E-state index in [1.165, 1.54) is 18.9 Å². The van der Waals surface area contributed by atoms with Crippen LogP contribution in [0.3, 0.4) is 0 Å². The van der Waals surface area contributed by atoms with Crippen LogP contribution in [0.1, 0.15) is 18.1 Å². The van der Waals surface area contributed by atoms with Crippen LogP contribution in [-0.4, -0.2) is 27.3 Å². The van der Waals surface area contributed by atoms with Gasteiger partial charge in [0.25, 0.3) is 0 Å². The summed E-state index contributed by atoms with van der Waals surface area (Å²) in [6, 6.07) is 15.2. The highest BCUT2D eigenvalue weighted by Gasteiger charge is 2.46. The third-order valence-electron chi connectivity index (χ3n) is 4.17. The predicted octanol–water partition coefficient (Wildman–Crippen LogP) is 4.07. The lowest BCUT2D eigenvalue weighted by molar-refractivity contribution is -0.135. The first-order valence-electron chi connectivity index (χ1n) is 8.00. The fourth-order valence-corrected chi connectivity index (χ4v) is 4.11. The molecule has 0 N–H and O–H groups in total. The molecule has 3 rings (SSSR count). The van der Waals surface area contributed by atoms with Gasteiger partial charge >= 0.3 is 5.97 Å². The molecule has 0 aromatic heterocycles. The number of methoxy groups -OCH3 is 3. The topological polar surface area (TPSA) is 54.0 Å². The lowest BCUT2D eigenvalue weighted by Gasteiger charge is -2.30. The van der Waals surface area contributed by atoms with Gasteiger partial charge in [-0.2, -0.15) is 0 Å². The molecule has 0 atom stereocenters. The Morgan fingerprint density at radius 2 is 1.35 bits per heavy atom. The summed E-state index contributed by atoms with van der Waals surface area (Å²) < 4.78 is 21.7. The predicted molar refractivity (Wildman–Crippen MR) is 100 cm³/mol. The molecule has 0 spiro atoms. The van der Waals surface area contributed by atoms with Crippen molar-refractivity contribution in [2.24, 2.45) is 0 Å². The highest BCUT2D eigenvalue weighted by molar-refractivity contribution is 8.05. The lowest BCUT2D eigenvalue weighted by Crippen LogP contribution is -2.23. The minimum absolute atomic E-state index is 0.406. The van der Waals surface area contributed by atoms with Gasteiger partial charge in [-0.1, -0.05) is 36.0 Å². The van der Waals surface area contributed by atoms with Crippen molar-refractivity contribution < 1.29 is 23.7 Å². The molecule has 0 radical (unpaired) electrons. The molecule has 2 aromatic carbocycles. The van der Waals surface area contributed by atoms with Crippen molar-refractivity contribution in [1.29, 1.82) is 0 Å². The van der Waals surface area contributed by atoms with E-state index >= 15 is 0 Å². The first kappa shape index (κ1) is 18.2. The maximum atomic E-state index is 12.2. The second-order valence-corrected chi connectivity index (χ2v) is 6.84. The molecule has 1 heterocycles. The summed E-state index contributed by atoms with van der Waals surface area (Å²) in [6.07, 6.45) is 0. The summed E-state index contributed by atoms with van der Waals surface area (Å²) in [7, 11) is 4.61. The third-order valence-corrected chi connectivity index (χ3v) is 5.67. The van der Waals surface area contributed by atoms with Crippen molar-refractivity contribution in [3.63, 3.8) is 0 Å². The van der Waals surface area contributed by atoms with Crippen molar-refractivity contribution in [3.8, 4) is 11.5 Å². The largest absolute Gasteiger partial charge is 0.497 e. The molecule has 136 valence electrons. The average Bonchev–Trinajstić information content (AvgIpc) is 3.06. The van der Waals surface area contributed by atoms with Crippen molar-refractivity contribution >= 4 is 17.7 Å². The molecule has 0 bridgehead atoms. The Morgan fingerprint density at radius 3 is 1.73 bits per heavy atom. The summed E-state index contributed by atoms with van der Waals surface area (Å²) in [4.78, 5) is 11.7. The summed E-state index contributed by atoms with van der Waals surface area (Å²) in [5, 5.41) is 0. The molecular weight excluding hydrogens is 352 g/mol. The van der Waals surface area contributed by atoms with Crippen LogP contribution in [-0.2, 0) is 19.2 Å². The van der Waals surface area contributed by atoms with Gasteiger partial charge in [0.1, 0.15) is 22.2 Å². The molecule has 0 fully saturated rings. The minimum atomic E-state index is -0.883. The zero-order valence-corrected chi connectivity index (χ0v) is 15.9. The van der Waals surface area contributed by atoms with Crippen LogP contribution < -0.4 is 9.47 Å². The molecule has 6 heteroatoms. The van der Waals surface area contributed by atoms with Crippen LogP contribution in [0.25, 0.3) is 0 Å². The molecule has 26 heavy (non-hydrogen) atoms. The number of allylic oxidation sites excluding steroid dienone is 1. The maximum Gasteiger partial charge on any atom is 0.347 e. The highest BCUT2D eigenvalue weighted by Crippen LogP contribution is 2.55. The molecule has 5 nitrogen and oxygen atoms in total. The average molecular weight is 372 g/mol. The van der Waals surface area contributed by atoms with Gasteiger partial charge in [-0.15, -0.1) is 0 Å². The Morgan fingerprint density at radius 1 is 0.885 bits per heavy atom. The highest BCUT2D eigenvalue weighted by atomic mass is 32.2. The first-order valence-corrected chi connectivity index (χ1v) is 8.82. The quantitative estimate of drug-likeness (QED) is 0.738. The molecule has 0 aliphatic carbocycles. The fraction of sp³-hybridized carbons (Fsp3) is 0.250. The SMILES string of the molecule is COC(=O)C1=C(C)OC(c2ccc(OC)cc2)(c2ccc(OC)cc2)S1. The Bertz CT molecular complexity index is 777. The molecule has 1 aliphatic heterocycles. The Hall–Kier alpha value is -2.60. The number of benzene rings is 2. The van der Waals surface area contributed by atoms with E-state index in [2.05, 4.69) is 0 Å². The minimum Gasteiger partial charge on any atom is -0.497 e. The third kappa shape index (κ3) is 3.12. The standard InChI is InChI=1S/C20H20O5S/c1-13-18(19(21)24-4)26-20(25-13,14-5-9-16(22-2)10-6-14)15-7-11-17(23-3)12-8-15/h5-12H,1-4H3. The molecule has 0 saturated heterocycles. The van der Waals surface area contributed by atoms with E-state index in [1.807, 2.05) is 48.5 Å². The van der Waals surface area contributed by atoms with Gasteiger partial charge in [0.2, 0.25) is 4.93 Å². The number of carbonyl (C=O) groups is 1.